The van der Waals surface area contributed by atoms with Gasteiger partial charge < -0.3 is 23.4 Å². The third kappa shape index (κ3) is 7.81. The Morgan fingerprint density at radius 2 is 1.04 bits per heavy atom. The number of rotatable bonds is 9. The van der Waals surface area contributed by atoms with Crippen LogP contribution in [-0.2, 0) is 32.3 Å². The number of carbonyl (C=O) groups excluding carboxylic acids is 2. The van der Waals surface area contributed by atoms with E-state index in [0.717, 1.165) is 60.8 Å². The van der Waals surface area contributed by atoms with Crippen molar-refractivity contribution in [2.75, 3.05) is 0 Å². The first-order valence-corrected chi connectivity index (χ1v) is 17.0. The quantitative estimate of drug-likeness (QED) is 0.0875. The lowest BCUT2D eigenvalue weighted by Crippen LogP contribution is -2.01. The van der Waals surface area contributed by atoms with Crippen molar-refractivity contribution in [2.45, 2.75) is 13.2 Å². The van der Waals surface area contributed by atoms with Crippen LogP contribution in [0.15, 0.2) is 159 Å². The molecule has 55 heavy (non-hydrogen) atoms. The standard InChI is InChI=1S/C23H16O4.C21H14O5.C2H4/c1-2-15-7-9-19-21(11-15)27-22-12-17(25)8-10-20(22)23(19)18-6-4-3-5-16(18)13-26-14-24;22-12-25-11-13-3-1-2-4-16(13)21-17-7-5-14(23)9-19(17)26-20-10-15(24)6-8-18(20)21;1-2/h2-12,14H,1,13H2;1-10,12,23H,11H2;1-2H2. The maximum atomic E-state index is 11.9. The van der Waals surface area contributed by atoms with E-state index in [1.165, 1.54) is 30.3 Å². The average molecular weight is 731 g/mol. The van der Waals surface area contributed by atoms with Crippen LogP contribution in [0.3, 0.4) is 0 Å². The molecular weight excluding hydrogens is 696 g/mol. The van der Waals surface area contributed by atoms with Crippen LogP contribution in [0.2, 0.25) is 0 Å². The highest BCUT2D eigenvalue weighted by atomic mass is 16.5. The van der Waals surface area contributed by atoms with E-state index in [1.807, 2.05) is 66.7 Å². The van der Waals surface area contributed by atoms with Gasteiger partial charge in [0.2, 0.25) is 0 Å². The lowest BCUT2D eigenvalue weighted by atomic mass is 9.90. The molecule has 0 spiro atoms. The molecule has 8 rings (SSSR count). The van der Waals surface area contributed by atoms with Gasteiger partial charge in [0.05, 0.1) is 0 Å². The Hall–Kier alpha value is -7.52. The number of ether oxygens (including phenoxy) is 2. The summed E-state index contributed by atoms with van der Waals surface area (Å²) in [6.07, 6.45) is 1.74. The molecular formula is C46H34O9. The fraction of sp³-hybridized carbons (Fsp3) is 0.0435. The second-order valence-corrected chi connectivity index (χ2v) is 12.0. The van der Waals surface area contributed by atoms with E-state index in [-0.39, 0.29) is 29.8 Å². The molecule has 0 fully saturated rings. The molecule has 0 atom stereocenters. The fourth-order valence-corrected chi connectivity index (χ4v) is 6.48. The number of carbonyl (C=O) groups is 2. The van der Waals surface area contributed by atoms with Gasteiger partial charge in [-0.1, -0.05) is 67.3 Å². The van der Waals surface area contributed by atoms with Crippen molar-refractivity contribution in [3.05, 3.63) is 178 Å². The lowest BCUT2D eigenvalue weighted by molar-refractivity contribution is -0.130. The third-order valence-corrected chi connectivity index (χ3v) is 8.82. The van der Waals surface area contributed by atoms with Gasteiger partial charge in [-0.3, -0.25) is 19.2 Å². The van der Waals surface area contributed by atoms with Gasteiger partial charge in [0.15, 0.2) is 10.9 Å². The Kier molecular flexibility index (Phi) is 11.4. The fourth-order valence-electron chi connectivity index (χ4n) is 6.48. The molecule has 0 unspecified atom stereocenters. The number of phenolic OH excluding ortho intramolecular Hbond substituents is 1. The number of hydrogen-bond donors (Lipinski definition) is 1. The van der Waals surface area contributed by atoms with Crippen molar-refractivity contribution < 1.29 is 33.0 Å². The Morgan fingerprint density at radius 1 is 0.564 bits per heavy atom. The number of phenols is 1. The first kappa shape index (κ1) is 37.2. The van der Waals surface area contributed by atoms with Crippen molar-refractivity contribution in [3.8, 4) is 50.7 Å². The Morgan fingerprint density at radius 3 is 1.53 bits per heavy atom. The summed E-state index contributed by atoms with van der Waals surface area (Å²) in [5.41, 5.74) is 8.64. The Bertz CT molecular complexity index is 2720. The van der Waals surface area contributed by atoms with E-state index >= 15 is 0 Å². The van der Waals surface area contributed by atoms with Gasteiger partial charge in [-0.05, 0) is 76.3 Å². The highest BCUT2D eigenvalue weighted by molar-refractivity contribution is 6.04. The van der Waals surface area contributed by atoms with Crippen LogP contribution >= 0.6 is 0 Å². The molecule has 0 saturated carbocycles. The van der Waals surface area contributed by atoms with Crippen molar-refractivity contribution in [1.29, 1.82) is 0 Å². The molecule has 0 radical (unpaired) electrons. The minimum Gasteiger partial charge on any atom is -0.508 e. The summed E-state index contributed by atoms with van der Waals surface area (Å²) in [7, 11) is 0. The van der Waals surface area contributed by atoms with Crippen LogP contribution in [0.25, 0.3) is 72.9 Å². The monoisotopic (exact) mass is 730 g/mol. The second kappa shape index (κ2) is 16.9. The van der Waals surface area contributed by atoms with Gasteiger partial charge in [0, 0.05) is 51.2 Å². The zero-order valence-electron chi connectivity index (χ0n) is 29.5. The summed E-state index contributed by atoms with van der Waals surface area (Å²) in [6, 6.07) is 35.4. The smallest absolute Gasteiger partial charge is 0.293 e. The van der Waals surface area contributed by atoms with Crippen LogP contribution in [0.4, 0.5) is 0 Å². The van der Waals surface area contributed by atoms with Crippen molar-refractivity contribution in [2.24, 2.45) is 0 Å². The molecule has 272 valence electrons. The SMILES string of the molecule is C=C.C=Cc1ccc2c(-c3ccccc3COC=O)c3ccc(=O)cc-3oc2c1.O=COCc1ccccc1-c1c2ccc(=O)cc-2oc2cc(O)ccc12. The van der Waals surface area contributed by atoms with E-state index < -0.39 is 0 Å². The highest BCUT2D eigenvalue weighted by Crippen LogP contribution is 2.43. The molecule has 0 amide bonds. The maximum absolute atomic E-state index is 11.9. The summed E-state index contributed by atoms with van der Waals surface area (Å²) in [4.78, 5) is 44.9. The Balaban J connectivity index is 0.000000179. The summed E-state index contributed by atoms with van der Waals surface area (Å²) >= 11 is 0. The van der Waals surface area contributed by atoms with Gasteiger partial charge >= 0.3 is 0 Å². The van der Waals surface area contributed by atoms with Crippen LogP contribution in [0, 0.1) is 0 Å². The summed E-state index contributed by atoms with van der Waals surface area (Å²) in [5.74, 6) is 1.01. The van der Waals surface area contributed by atoms with Crippen LogP contribution in [-0.4, -0.2) is 18.1 Å². The van der Waals surface area contributed by atoms with Crippen LogP contribution < -0.4 is 10.9 Å². The summed E-state index contributed by atoms with van der Waals surface area (Å²) in [5, 5.41) is 11.5. The van der Waals surface area contributed by atoms with Crippen molar-refractivity contribution >= 4 is 41.0 Å². The van der Waals surface area contributed by atoms with Crippen molar-refractivity contribution in [1.82, 2.24) is 0 Å². The molecule has 2 aliphatic carbocycles. The average Bonchev–Trinajstić information content (AvgIpc) is 3.21. The van der Waals surface area contributed by atoms with Crippen molar-refractivity contribution in [3.63, 3.8) is 0 Å². The van der Waals surface area contributed by atoms with Gasteiger partial charge in [-0.2, -0.15) is 0 Å². The number of hydrogen-bond acceptors (Lipinski definition) is 9. The molecule has 0 bridgehead atoms. The zero-order chi connectivity index (χ0) is 38.9. The molecule has 1 N–H and O–H groups in total. The predicted molar refractivity (Wildman–Crippen MR) is 214 cm³/mol. The lowest BCUT2D eigenvalue weighted by Gasteiger charge is -2.17. The minimum absolute atomic E-state index is 0.0717. The van der Waals surface area contributed by atoms with E-state index in [4.69, 9.17) is 18.3 Å². The molecule has 9 nitrogen and oxygen atoms in total. The van der Waals surface area contributed by atoms with Crippen LogP contribution in [0.5, 0.6) is 5.75 Å². The summed E-state index contributed by atoms with van der Waals surface area (Å²) < 4.78 is 21.8. The number of aromatic hydroxyl groups is 1. The topological polar surface area (TPSA) is 133 Å². The maximum Gasteiger partial charge on any atom is 0.293 e. The van der Waals surface area contributed by atoms with E-state index in [2.05, 4.69) is 19.7 Å². The van der Waals surface area contributed by atoms with E-state index in [1.54, 1.807) is 30.3 Å². The van der Waals surface area contributed by atoms with Gasteiger partial charge in [0.1, 0.15) is 41.6 Å². The number of fused-ring (bicyclic) bond motifs is 4. The second-order valence-electron chi connectivity index (χ2n) is 12.0. The molecule has 4 aromatic rings. The molecule has 4 aromatic carbocycles. The van der Waals surface area contributed by atoms with Gasteiger partial charge in [0.25, 0.3) is 12.9 Å². The molecule has 9 heteroatoms. The molecule has 2 heterocycles. The molecule has 4 aliphatic rings. The van der Waals surface area contributed by atoms with Crippen LogP contribution in [0.1, 0.15) is 16.7 Å². The molecule has 2 aliphatic heterocycles. The van der Waals surface area contributed by atoms with E-state index in [0.29, 0.717) is 35.6 Å². The number of benzene rings is 6. The predicted octanol–water partition coefficient (Wildman–Crippen LogP) is 9.63. The largest absolute Gasteiger partial charge is 0.508 e. The van der Waals surface area contributed by atoms with E-state index in [9.17, 15) is 24.3 Å². The summed E-state index contributed by atoms with van der Waals surface area (Å²) in [6.45, 7) is 10.9. The minimum atomic E-state index is -0.163. The first-order chi connectivity index (χ1) is 26.9. The highest BCUT2D eigenvalue weighted by Gasteiger charge is 2.21. The van der Waals surface area contributed by atoms with Gasteiger partial charge in [-0.15, -0.1) is 13.2 Å². The Labute approximate surface area is 315 Å². The third-order valence-electron chi connectivity index (χ3n) is 8.82. The first-order valence-electron chi connectivity index (χ1n) is 17.0. The molecule has 0 saturated heterocycles. The normalized spacial score (nSPS) is 10.5. The molecule has 0 aromatic heterocycles. The van der Waals surface area contributed by atoms with Gasteiger partial charge in [-0.25, -0.2) is 0 Å². The zero-order valence-corrected chi connectivity index (χ0v) is 29.5.